The first-order valence-corrected chi connectivity index (χ1v) is 12.5. The number of nitrogens with zero attached hydrogens (tertiary/aromatic N) is 2. The van der Waals surface area contributed by atoms with Crippen LogP contribution in [-0.4, -0.2) is 20.6 Å². The number of hydrogen-bond donors (Lipinski definition) is 1. The Hall–Kier alpha value is -3.11. The molecule has 5 heteroatoms. The molecule has 1 aromatic heterocycles. The summed E-state index contributed by atoms with van der Waals surface area (Å²) in [6.07, 6.45) is 6.42. The number of aromatic carboxylic acids is 1. The lowest BCUT2D eigenvalue weighted by Gasteiger charge is -2.24. The molecule has 1 aliphatic carbocycles. The van der Waals surface area contributed by atoms with Crippen molar-refractivity contribution < 1.29 is 9.90 Å². The van der Waals surface area contributed by atoms with Crippen molar-refractivity contribution in [3.8, 4) is 11.4 Å². The molecule has 0 aliphatic heterocycles. The maximum Gasteiger partial charge on any atom is 0.335 e. The number of hydrogen-bond acceptors (Lipinski definition) is 2. The molecular weight excluding hydrogens is 444 g/mol. The molecule has 4 nitrogen and oxygen atoms in total. The van der Waals surface area contributed by atoms with E-state index in [0.29, 0.717) is 16.5 Å². The zero-order valence-corrected chi connectivity index (χ0v) is 20.1. The molecule has 1 N–H and O–H groups in total. The van der Waals surface area contributed by atoms with E-state index in [1.54, 1.807) is 12.1 Å². The molecule has 1 unspecified atom stereocenters. The quantitative estimate of drug-likeness (QED) is 0.311. The molecular formula is C29H29ClN2O2. The first-order valence-electron chi connectivity index (χ1n) is 12.1. The Bertz CT molecular complexity index is 1340. The minimum atomic E-state index is -0.921. The number of para-hydroxylation sites is 2. The third-order valence-corrected chi connectivity index (χ3v) is 7.43. The Balaban J connectivity index is 1.66. The summed E-state index contributed by atoms with van der Waals surface area (Å²) in [5, 5.41) is 10.4. The van der Waals surface area contributed by atoms with Crippen LogP contribution in [0.4, 0.5) is 0 Å². The van der Waals surface area contributed by atoms with Gasteiger partial charge in [0.25, 0.3) is 0 Å². The number of halogens is 1. The van der Waals surface area contributed by atoms with E-state index in [4.69, 9.17) is 16.6 Å². The Morgan fingerprint density at radius 2 is 1.76 bits per heavy atom. The highest BCUT2D eigenvalue weighted by Crippen LogP contribution is 2.38. The number of carboxylic acid groups (broad SMARTS) is 1. The Kier molecular flexibility index (Phi) is 6.42. The summed E-state index contributed by atoms with van der Waals surface area (Å²) in [5.74, 6) is 0.489. The van der Waals surface area contributed by atoms with Crippen molar-refractivity contribution in [2.75, 3.05) is 0 Å². The van der Waals surface area contributed by atoms with Crippen LogP contribution < -0.4 is 0 Å². The fraction of sp³-hybridized carbons (Fsp3) is 0.310. The van der Waals surface area contributed by atoms with Crippen LogP contribution in [0.3, 0.4) is 0 Å². The summed E-state index contributed by atoms with van der Waals surface area (Å²) in [6.45, 7) is 2.99. The third kappa shape index (κ3) is 4.35. The van der Waals surface area contributed by atoms with E-state index in [-0.39, 0.29) is 5.92 Å². The molecule has 1 fully saturated rings. The summed E-state index contributed by atoms with van der Waals surface area (Å²) in [4.78, 5) is 17.0. The van der Waals surface area contributed by atoms with Crippen molar-refractivity contribution >= 4 is 28.6 Å². The van der Waals surface area contributed by atoms with Gasteiger partial charge < -0.3 is 9.67 Å². The van der Waals surface area contributed by atoms with Gasteiger partial charge in [0.05, 0.1) is 16.6 Å². The molecule has 0 radical (unpaired) electrons. The highest BCUT2D eigenvalue weighted by molar-refractivity contribution is 6.30. The normalized spacial score (nSPS) is 15.5. The van der Waals surface area contributed by atoms with Gasteiger partial charge in [0, 0.05) is 23.0 Å². The predicted molar refractivity (Wildman–Crippen MR) is 138 cm³/mol. The smallest absolute Gasteiger partial charge is 0.335 e. The van der Waals surface area contributed by atoms with E-state index in [9.17, 15) is 9.90 Å². The standard InChI is InChI=1S/C29H29ClN2O2/c1-19(22-11-5-6-12-24(22)29(33)34)25-17-21(30)15-16-23(25)28-31-26-13-7-8-14-27(26)32(28)18-20-9-3-2-4-10-20/h5-8,11-17,19-20H,2-4,9-10,18H2,1H3,(H,33,34). The van der Waals surface area contributed by atoms with Gasteiger partial charge in [-0.1, -0.05) is 68.1 Å². The second kappa shape index (κ2) is 9.63. The van der Waals surface area contributed by atoms with Crippen LogP contribution in [0.1, 0.15) is 66.4 Å². The summed E-state index contributed by atoms with van der Waals surface area (Å²) < 4.78 is 2.37. The van der Waals surface area contributed by atoms with Gasteiger partial charge in [-0.2, -0.15) is 0 Å². The topological polar surface area (TPSA) is 55.1 Å². The van der Waals surface area contributed by atoms with E-state index in [1.165, 1.54) is 32.1 Å². The molecule has 3 aromatic carbocycles. The van der Waals surface area contributed by atoms with Crippen LogP contribution in [0.25, 0.3) is 22.4 Å². The SMILES string of the molecule is CC(c1ccccc1C(=O)O)c1cc(Cl)ccc1-c1nc2ccccc2n1CC1CCCCC1. The highest BCUT2D eigenvalue weighted by Gasteiger charge is 2.24. The minimum Gasteiger partial charge on any atom is -0.478 e. The number of benzene rings is 3. The number of imidazole rings is 1. The summed E-state index contributed by atoms with van der Waals surface area (Å²) in [5.41, 5.74) is 5.20. The van der Waals surface area contributed by atoms with Crippen LogP contribution in [0.15, 0.2) is 66.7 Å². The molecule has 1 heterocycles. The Morgan fingerprint density at radius 3 is 2.56 bits per heavy atom. The lowest BCUT2D eigenvalue weighted by atomic mass is 9.86. The molecule has 34 heavy (non-hydrogen) atoms. The minimum absolute atomic E-state index is 0.163. The lowest BCUT2D eigenvalue weighted by molar-refractivity contribution is 0.0695. The molecule has 1 saturated carbocycles. The van der Waals surface area contributed by atoms with Crippen molar-refractivity contribution in [2.24, 2.45) is 5.92 Å². The monoisotopic (exact) mass is 472 g/mol. The molecule has 0 saturated heterocycles. The van der Waals surface area contributed by atoms with Crippen molar-refractivity contribution in [1.82, 2.24) is 9.55 Å². The first kappa shape index (κ1) is 22.7. The van der Waals surface area contributed by atoms with E-state index >= 15 is 0 Å². The maximum atomic E-state index is 11.9. The second-order valence-corrected chi connectivity index (χ2v) is 9.82. The zero-order valence-electron chi connectivity index (χ0n) is 19.4. The molecule has 0 spiro atoms. The van der Waals surface area contributed by atoms with Crippen molar-refractivity contribution in [3.63, 3.8) is 0 Å². The van der Waals surface area contributed by atoms with Crippen LogP contribution >= 0.6 is 11.6 Å². The van der Waals surface area contributed by atoms with Crippen LogP contribution in [0, 0.1) is 5.92 Å². The van der Waals surface area contributed by atoms with Gasteiger partial charge in [-0.25, -0.2) is 9.78 Å². The molecule has 0 bridgehead atoms. The lowest BCUT2D eigenvalue weighted by Crippen LogP contribution is -2.15. The molecule has 1 aliphatic rings. The Morgan fingerprint density at radius 1 is 1.03 bits per heavy atom. The van der Waals surface area contributed by atoms with Crippen LogP contribution in [0.2, 0.25) is 5.02 Å². The molecule has 0 amide bonds. The summed E-state index contributed by atoms with van der Waals surface area (Å²) in [7, 11) is 0. The van der Waals surface area contributed by atoms with Crippen molar-refractivity contribution in [3.05, 3.63) is 88.4 Å². The molecule has 174 valence electrons. The van der Waals surface area contributed by atoms with E-state index in [2.05, 4.69) is 22.8 Å². The molecule has 4 aromatic rings. The maximum absolute atomic E-state index is 11.9. The third-order valence-electron chi connectivity index (χ3n) is 7.20. The van der Waals surface area contributed by atoms with Gasteiger partial charge in [0.15, 0.2) is 0 Å². The van der Waals surface area contributed by atoms with Gasteiger partial charge in [0.1, 0.15) is 5.82 Å². The zero-order chi connectivity index (χ0) is 23.7. The second-order valence-electron chi connectivity index (χ2n) is 9.38. The molecule has 5 rings (SSSR count). The summed E-state index contributed by atoms with van der Waals surface area (Å²) >= 11 is 6.47. The average Bonchev–Trinajstić information content (AvgIpc) is 3.22. The average molecular weight is 473 g/mol. The fourth-order valence-corrected chi connectivity index (χ4v) is 5.61. The number of aromatic nitrogens is 2. The van der Waals surface area contributed by atoms with Gasteiger partial charge in [0.2, 0.25) is 0 Å². The fourth-order valence-electron chi connectivity index (χ4n) is 5.43. The van der Waals surface area contributed by atoms with Crippen molar-refractivity contribution in [1.29, 1.82) is 0 Å². The van der Waals surface area contributed by atoms with Gasteiger partial charge in [-0.3, -0.25) is 0 Å². The van der Waals surface area contributed by atoms with E-state index in [1.807, 2.05) is 43.3 Å². The van der Waals surface area contributed by atoms with Crippen LogP contribution in [0.5, 0.6) is 0 Å². The number of fused-ring (bicyclic) bond motifs is 1. The number of carboxylic acids is 1. The van der Waals surface area contributed by atoms with E-state index < -0.39 is 5.97 Å². The first-order chi connectivity index (χ1) is 16.5. The largest absolute Gasteiger partial charge is 0.478 e. The Labute approximate surface area is 205 Å². The van der Waals surface area contributed by atoms with Crippen LogP contribution in [-0.2, 0) is 6.54 Å². The van der Waals surface area contributed by atoms with Gasteiger partial charge >= 0.3 is 5.97 Å². The number of carbonyl (C=O) groups is 1. The summed E-state index contributed by atoms with van der Waals surface area (Å²) in [6, 6.07) is 21.4. The highest BCUT2D eigenvalue weighted by atomic mass is 35.5. The van der Waals surface area contributed by atoms with E-state index in [0.717, 1.165) is 40.1 Å². The van der Waals surface area contributed by atoms with Gasteiger partial charge in [-0.15, -0.1) is 0 Å². The van der Waals surface area contributed by atoms with Crippen molar-refractivity contribution in [2.45, 2.75) is 51.5 Å². The predicted octanol–water partition coefficient (Wildman–Crippen LogP) is 7.79. The number of rotatable bonds is 6. The van der Waals surface area contributed by atoms with Gasteiger partial charge in [-0.05, 0) is 66.3 Å². The molecule has 1 atom stereocenters.